The Balaban J connectivity index is 1.90. The first-order valence-electron chi connectivity index (χ1n) is 7.11. The van der Waals surface area contributed by atoms with E-state index in [1.54, 1.807) is 43.3 Å². The van der Waals surface area contributed by atoms with Crippen molar-refractivity contribution in [2.24, 2.45) is 0 Å². The molecule has 3 rings (SSSR count). The van der Waals surface area contributed by atoms with Gasteiger partial charge < -0.3 is 9.72 Å². The summed E-state index contributed by atoms with van der Waals surface area (Å²) in [7, 11) is 0. The minimum Gasteiger partial charge on any atom is -0.451 e. The average Bonchev–Trinajstić information content (AvgIpc) is 2.57. The van der Waals surface area contributed by atoms with Crippen molar-refractivity contribution in [1.82, 2.24) is 9.97 Å². The third kappa shape index (κ3) is 3.13. The van der Waals surface area contributed by atoms with Crippen LogP contribution in [-0.2, 0) is 4.74 Å². The van der Waals surface area contributed by atoms with Crippen LogP contribution < -0.4 is 5.56 Å². The van der Waals surface area contributed by atoms with E-state index in [4.69, 9.17) is 27.9 Å². The summed E-state index contributed by atoms with van der Waals surface area (Å²) in [5.41, 5.74) is 0.387. The predicted molar refractivity (Wildman–Crippen MR) is 92.7 cm³/mol. The summed E-state index contributed by atoms with van der Waals surface area (Å²) in [6.45, 7) is 1.61. The molecule has 0 saturated heterocycles. The first-order valence-corrected chi connectivity index (χ1v) is 7.87. The monoisotopic (exact) mass is 362 g/mol. The maximum atomic E-state index is 12.3. The van der Waals surface area contributed by atoms with Crippen molar-refractivity contribution in [3.05, 3.63) is 74.3 Å². The lowest BCUT2D eigenvalue weighted by Gasteiger charge is -2.14. The van der Waals surface area contributed by atoms with Gasteiger partial charge in [0, 0.05) is 0 Å². The summed E-state index contributed by atoms with van der Waals surface area (Å²) in [6.07, 6.45) is -0.759. The van der Waals surface area contributed by atoms with E-state index in [2.05, 4.69) is 9.97 Å². The van der Waals surface area contributed by atoms with Gasteiger partial charge in [-0.3, -0.25) is 4.79 Å². The second-order valence-corrected chi connectivity index (χ2v) is 5.90. The van der Waals surface area contributed by atoms with E-state index in [1.807, 2.05) is 0 Å². The van der Waals surface area contributed by atoms with Gasteiger partial charge in [-0.2, -0.15) is 0 Å². The summed E-state index contributed by atoms with van der Waals surface area (Å²) in [4.78, 5) is 31.3. The number of nitrogens with one attached hydrogen (secondary N) is 1. The van der Waals surface area contributed by atoms with Gasteiger partial charge in [-0.05, 0) is 31.2 Å². The summed E-state index contributed by atoms with van der Waals surface area (Å²) < 4.78 is 5.35. The number of aromatic nitrogens is 2. The molecule has 1 aromatic heterocycles. The fourth-order valence-corrected chi connectivity index (χ4v) is 2.62. The number of esters is 1. The Morgan fingerprint density at radius 1 is 1.17 bits per heavy atom. The Hall–Kier alpha value is -2.37. The van der Waals surface area contributed by atoms with E-state index in [-0.39, 0.29) is 27.0 Å². The molecule has 0 aliphatic carbocycles. The van der Waals surface area contributed by atoms with Crippen LogP contribution in [-0.4, -0.2) is 15.9 Å². The fraction of sp³-hybridized carbons (Fsp3) is 0.118. The molecule has 2 aromatic carbocycles. The lowest BCUT2D eigenvalue weighted by molar-refractivity contribution is 0.0320. The molecule has 1 atom stereocenters. The van der Waals surface area contributed by atoms with Gasteiger partial charge in [0.25, 0.3) is 5.56 Å². The quantitative estimate of drug-likeness (QED) is 0.710. The number of nitrogens with zero attached hydrogens (tertiary/aromatic N) is 1. The number of halogens is 2. The summed E-state index contributed by atoms with van der Waals surface area (Å²) >= 11 is 11.9. The van der Waals surface area contributed by atoms with Crippen LogP contribution in [0.3, 0.4) is 0 Å². The number of ether oxygens (including phenoxy) is 1. The van der Waals surface area contributed by atoms with Gasteiger partial charge in [0.1, 0.15) is 0 Å². The summed E-state index contributed by atoms with van der Waals surface area (Å²) in [5.74, 6) is -0.393. The maximum Gasteiger partial charge on any atom is 0.340 e. The zero-order chi connectivity index (χ0) is 17.3. The molecule has 0 bridgehead atoms. The van der Waals surface area contributed by atoms with Crippen molar-refractivity contribution in [2.75, 3.05) is 0 Å². The van der Waals surface area contributed by atoms with Gasteiger partial charge in [-0.1, -0.05) is 41.4 Å². The van der Waals surface area contributed by atoms with Crippen LogP contribution in [0.2, 0.25) is 10.0 Å². The first-order chi connectivity index (χ1) is 11.5. The third-order valence-electron chi connectivity index (χ3n) is 3.47. The number of carbonyl (C=O) groups excluding carboxylic acids is 1. The van der Waals surface area contributed by atoms with Crippen LogP contribution in [0.1, 0.15) is 29.2 Å². The van der Waals surface area contributed by atoms with Crippen LogP contribution in [0.4, 0.5) is 0 Å². The zero-order valence-electron chi connectivity index (χ0n) is 12.5. The third-order valence-corrected chi connectivity index (χ3v) is 4.29. The molecule has 24 heavy (non-hydrogen) atoms. The smallest absolute Gasteiger partial charge is 0.340 e. The van der Waals surface area contributed by atoms with E-state index >= 15 is 0 Å². The number of carbonyl (C=O) groups is 1. The highest BCUT2D eigenvalue weighted by Crippen LogP contribution is 2.27. The van der Waals surface area contributed by atoms with E-state index in [0.717, 1.165) is 0 Å². The van der Waals surface area contributed by atoms with Crippen LogP contribution >= 0.6 is 23.2 Å². The molecule has 0 radical (unpaired) electrons. The highest BCUT2D eigenvalue weighted by molar-refractivity contribution is 6.43. The standard InChI is InChI=1S/C17H12Cl2N2O3/c1-9(24-17(23)11-6-4-7-12(18)14(11)19)15-20-13-8-3-2-5-10(13)16(22)21-15/h2-9H,1H3,(H,20,21,22)/t9-/m0/s1. The number of fused-ring (bicyclic) bond motifs is 1. The normalized spacial score (nSPS) is 12.1. The van der Waals surface area contributed by atoms with E-state index in [9.17, 15) is 9.59 Å². The van der Waals surface area contributed by atoms with Crippen molar-refractivity contribution < 1.29 is 9.53 Å². The molecule has 0 aliphatic rings. The number of aromatic amines is 1. The van der Waals surface area contributed by atoms with Crippen LogP contribution in [0.15, 0.2) is 47.3 Å². The number of benzene rings is 2. The zero-order valence-corrected chi connectivity index (χ0v) is 14.1. The molecule has 7 heteroatoms. The number of para-hydroxylation sites is 1. The van der Waals surface area contributed by atoms with Crippen LogP contribution in [0, 0.1) is 0 Å². The topological polar surface area (TPSA) is 72.0 Å². The molecule has 0 unspecified atom stereocenters. The van der Waals surface area contributed by atoms with E-state index in [0.29, 0.717) is 10.9 Å². The van der Waals surface area contributed by atoms with E-state index in [1.165, 1.54) is 6.07 Å². The van der Waals surface area contributed by atoms with Crippen LogP contribution in [0.25, 0.3) is 10.9 Å². The maximum absolute atomic E-state index is 12.3. The lowest BCUT2D eigenvalue weighted by Crippen LogP contribution is -2.17. The molecule has 0 aliphatic heterocycles. The van der Waals surface area contributed by atoms with E-state index < -0.39 is 12.1 Å². The van der Waals surface area contributed by atoms with Crippen molar-refractivity contribution in [3.8, 4) is 0 Å². The minimum absolute atomic E-state index is 0.122. The van der Waals surface area contributed by atoms with Crippen molar-refractivity contribution in [3.63, 3.8) is 0 Å². The minimum atomic E-state index is -0.759. The molecule has 3 aromatic rings. The highest BCUT2D eigenvalue weighted by Gasteiger charge is 2.19. The number of rotatable bonds is 3. The molecule has 5 nitrogen and oxygen atoms in total. The molecule has 0 amide bonds. The SMILES string of the molecule is C[C@H](OC(=O)c1cccc(Cl)c1Cl)c1nc2ccccc2c(=O)[nH]1. The molecule has 1 heterocycles. The fourth-order valence-electron chi connectivity index (χ4n) is 2.24. The summed E-state index contributed by atoms with van der Waals surface area (Å²) in [5, 5.41) is 0.852. The lowest BCUT2D eigenvalue weighted by atomic mass is 10.2. The molecular weight excluding hydrogens is 351 g/mol. The molecule has 0 spiro atoms. The molecule has 0 fully saturated rings. The average molecular weight is 363 g/mol. The van der Waals surface area contributed by atoms with Gasteiger partial charge >= 0.3 is 5.97 Å². The summed E-state index contributed by atoms with van der Waals surface area (Å²) in [6, 6.07) is 11.6. The highest BCUT2D eigenvalue weighted by atomic mass is 35.5. The second-order valence-electron chi connectivity index (χ2n) is 5.12. The van der Waals surface area contributed by atoms with Gasteiger partial charge in [-0.25, -0.2) is 9.78 Å². The molecule has 122 valence electrons. The Morgan fingerprint density at radius 2 is 1.92 bits per heavy atom. The Morgan fingerprint density at radius 3 is 2.71 bits per heavy atom. The van der Waals surface area contributed by atoms with Crippen molar-refractivity contribution in [2.45, 2.75) is 13.0 Å². The molecule has 1 N–H and O–H groups in total. The van der Waals surface area contributed by atoms with Crippen LogP contribution in [0.5, 0.6) is 0 Å². The van der Waals surface area contributed by atoms with Gasteiger partial charge in [0.15, 0.2) is 11.9 Å². The predicted octanol–water partition coefficient (Wildman–Crippen LogP) is 4.15. The molecule has 0 saturated carbocycles. The first kappa shape index (κ1) is 16.5. The Kier molecular flexibility index (Phi) is 4.55. The van der Waals surface area contributed by atoms with Crippen molar-refractivity contribution >= 4 is 40.1 Å². The van der Waals surface area contributed by atoms with Crippen molar-refractivity contribution in [1.29, 1.82) is 0 Å². The number of hydrogen-bond acceptors (Lipinski definition) is 4. The van der Waals surface area contributed by atoms with Gasteiger partial charge in [-0.15, -0.1) is 0 Å². The number of hydrogen-bond donors (Lipinski definition) is 1. The Bertz CT molecular complexity index is 985. The second kappa shape index (κ2) is 6.63. The largest absolute Gasteiger partial charge is 0.451 e. The Labute approximate surface area is 147 Å². The van der Waals surface area contributed by atoms with Gasteiger partial charge in [0.05, 0.1) is 26.5 Å². The number of H-pyrrole nitrogens is 1. The van der Waals surface area contributed by atoms with Gasteiger partial charge in [0.2, 0.25) is 0 Å². The molecular formula is C17H12Cl2N2O3.